The Labute approximate surface area is 175 Å². The Morgan fingerprint density at radius 1 is 1.14 bits per heavy atom. The van der Waals surface area contributed by atoms with E-state index in [1.807, 2.05) is 24.4 Å². The average Bonchev–Trinajstić information content (AvgIpc) is 3.35. The van der Waals surface area contributed by atoms with Gasteiger partial charge >= 0.3 is 0 Å². The third-order valence-electron chi connectivity index (χ3n) is 4.15. The molecule has 4 aromatic rings. The second-order valence-corrected chi connectivity index (χ2v) is 8.31. The average molecular weight is 428 g/mol. The van der Waals surface area contributed by atoms with Gasteiger partial charge < -0.3 is 4.74 Å². The highest BCUT2D eigenvalue weighted by Crippen LogP contribution is 2.25. The summed E-state index contributed by atoms with van der Waals surface area (Å²) in [5.41, 5.74) is 4.22. The maximum absolute atomic E-state index is 12.9. The molecule has 0 aliphatic heterocycles. The number of ether oxygens (including phenoxy) is 1. The highest BCUT2D eigenvalue weighted by atomic mass is 32.2. The Balaban J connectivity index is 1.38. The van der Waals surface area contributed by atoms with E-state index >= 15 is 0 Å². The summed E-state index contributed by atoms with van der Waals surface area (Å²) in [4.78, 5) is 4.59. The zero-order valence-electron chi connectivity index (χ0n) is 15.9. The van der Waals surface area contributed by atoms with E-state index < -0.39 is 0 Å². The van der Waals surface area contributed by atoms with Crippen LogP contribution in [0, 0.1) is 19.7 Å². The van der Waals surface area contributed by atoms with Crippen molar-refractivity contribution in [3.05, 3.63) is 75.5 Å². The van der Waals surface area contributed by atoms with Crippen molar-refractivity contribution in [2.45, 2.75) is 31.4 Å². The molecular formula is C20H18FN5OS2. The lowest BCUT2D eigenvalue weighted by molar-refractivity contribution is 0.305. The molecule has 4 rings (SSSR count). The maximum atomic E-state index is 12.9. The van der Waals surface area contributed by atoms with Gasteiger partial charge in [-0.05, 0) is 60.2 Å². The number of rotatable bonds is 7. The summed E-state index contributed by atoms with van der Waals surface area (Å²) >= 11 is 3.06. The molecule has 0 bridgehead atoms. The molecule has 0 radical (unpaired) electrons. The normalized spacial score (nSPS) is 11.0. The van der Waals surface area contributed by atoms with Crippen LogP contribution in [0.15, 0.2) is 53.0 Å². The molecule has 29 heavy (non-hydrogen) atoms. The number of aryl methyl sites for hydroxylation is 2. The molecule has 0 aliphatic carbocycles. The fourth-order valence-corrected chi connectivity index (χ4v) is 4.35. The van der Waals surface area contributed by atoms with Gasteiger partial charge in [0.25, 0.3) is 0 Å². The van der Waals surface area contributed by atoms with Crippen LogP contribution >= 0.6 is 23.1 Å². The molecule has 0 unspecified atom stereocenters. The lowest BCUT2D eigenvalue weighted by atomic mass is 10.1. The van der Waals surface area contributed by atoms with Crippen LogP contribution in [0.5, 0.6) is 5.75 Å². The SMILES string of the molecule is Cc1ccc(-n2nnnc2SCc2csc(COc3ccc(F)cc3)n2)c(C)c1. The lowest BCUT2D eigenvalue weighted by Gasteiger charge is -2.07. The van der Waals surface area contributed by atoms with E-state index in [1.165, 1.54) is 40.8 Å². The molecule has 0 N–H and O–H groups in total. The van der Waals surface area contributed by atoms with E-state index in [9.17, 15) is 4.39 Å². The quantitative estimate of drug-likeness (QED) is 0.397. The minimum absolute atomic E-state index is 0.283. The second kappa shape index (κ2) is 8.71. The van der Waals surface area contributed by atoms with Crippen molar-refractivity contribution in [2.75, 3.05) is 0 Å². The monoisotopic (exact) mass is 427 g/mol. The molecule has 0 saturated heterocycles. The largest absolute Gasteiger partial charge is 0.486 e. The maximum Gasteiger partial charge on any atom is 0.214 e. The van der Waals surface area contributed by atoms with E-state index in [-0.39, 0.29) is 5.82 Å². The first-order valence-electron chi connectivity index (χ1n) is 8.89. The highest BCUT2D eigenvalue weighted by molar-refractivity contribution is 7.98. The minimum atomic E-state index is -0.283. The van der Waals surface area contributed by atoms with Gasteiger partial charge in [-0.1, -0.05) is 29.5 Å². The lowest BCUT2D eigenvalue weighted by Crippen LogP contribution is -2.02. The molecule has 0 fully saturated rings. The third-order valence-corrected chi connectivity index (χ3v) is 5.97. The number of thiazole rings is 1. The zero-order valence-corrected chi connectivity index (χ0v) is 17.5. The van der Waals surface area contributed by atoms with Crippen LogP contribution in [0.25, 0.3) is 5.69 Å². The molecule has 6 nitrogen and oxygen atoms in total. The number of thioether (sulfide) groups is 1. The van der Waals surface area contributed by atoms with Gasteiger partial charge in [0.1, 0.15) is 23.2 Å². The van der Waals surface area contributed by atoms with Crippen LogP contribution in [-0.4, -0.2) is 25.2 Å². The summed E-state index contributed by atoms with van der Waals surface area (Å²) in [5.74, 6) is 0.984. The van der Waals surface area contributed by atoms with E-state index in [0.717, 1.165) is 22.0 Å². The standard InChI is InChI=1S/C20H18FN5OS2/c1-13-3-8-18(14(2)9-13)26-20(23-24-25-26)29-12-16-11-28-19(22-16)10-27-17-6-4-15(21)5-7-17/h3-9,11H,10,12H2,1-2H3. The topological polar surface area (TPSA) is 65.7 Å². The highest BCUT2D eigenvalue weighted by Gasteiger charge is 2.12. The molecule has 0 aliphatic rings. The van der Waals surface area contributed by atoms with Gasteiger partial charge in [0.05, 0.1) is 11.4 Å². The van der Waals surface area contributed by atoms with Crippen LogP contribution < -0.4 is 4.74 Å². The van der Waals surface area contributed by atoms with Crippen LogP contribution in [0.3, 0.4) is 0 Å². The number of tetrazole rings is 1. The van der Waals surface area contributed by atoms with E-state index in [0.29, 0.717) is 23.3 Å². The Kier molecular flexibility index (Phi) is 5.86. The molecule has 0 atom stereocenters. The number of halogens is 1. The van der Waals surface area contributed by atoms with Crippen molar-refractivity contribution in [2.24, 2.45) is 0 Å². The third kappa shape index (κ3) is 4.80. The molecule has 2 aromatic carbocycles. The predicted octanol–water partition coefficient (Wildman–Crippen LogP) is 4.75. The van der Waals surface area contributed by atoms with Crippen molar-refractivity contribution in [3.63, 3.8) is 0 Å². The molecular weight excluding hydrogens is 409 g/mol. The van der Waals surface area contributed by atoms with E-state index in [1.54, 1.807) is 16.8 Å². The minimum Gasteiger partial charge on any atom is -0.486 e. The smallest absolute Gasteiger partial charge is 0.214 e. The molecule has 0 amide bonds. The van der Waals surface area contributed by atoms with Crippen molar-refractivity contribution >= 4 is 23.1 Å². The first-order chi connectivity index (χ1) is 14.1. The Bertz CT molecular complexity index is 1110. The van der Waals surface area contributed by atoms with Crippen LogP contribution in [0.4, 0.5) is 4.39 Å². The summed E-state index contributed by atoms with van der Waals surface area (Å²) in [6, 6.07) is 12.1. The van der Waals surface area contributed by atoms with Gasteiger partial charge in [0.2, 0.25) is 5.16 Å². The van der Waals surface area contributed by atoms with Gasteiger partial charge in [-0.15, -0.1) is 16.4 Å². The molecule has 9 heteroatoms. The summed E-state index contributed by atoms with van der Waals surface area (Å²) in [6.45, 7) is 4.46. The van der Waals surface area contributed by atoms with Crippen LogP contribution in [-0.2, 0) is 12.4 Å². The van der Waals surface area contributed by atoms with Crippen LogP contribution in [0.1, 0.15) is 21.8 Å². The fourth-order valence-electron chi connectivity index (χ4n) is 2.76. The van der Waals surface area contributed by atoms with E-state index in [4.69, 9.17) is 4.74 Å². The zero-order chi connectivity index (χ0) is 20.2. The Hall–Kier alpha value is -2.78. The molecule has 0 saturated carbocycles. The molecule has 2 aromatic heterocycles. The Morgan fingerprint density at radius 2 is 1.97 bits per heavy atom. The van der Waals surface area contributed by atoms with Gasteiger partial charge in [-0.25, -0.2) is 9.37 Å². The van der Waals surface area contributed by atoms with Gasteiger partial charge in [0.15, 0.2) is 0 Å². The number of benzene rings is 2. The van der Waals surface area contributed by atoms with Crippen molar-refractivity contribution < 1.29 is 9.13 Å². The molecule has 0 spiro atoms. The summed E-state index contributed by atoms with van der Waals surface area (Å²) in [6.07, 6.45) is 0. The van der Waals surface area contributed by atoms with Gasteiger partial charge in [0, 0.05) is 11.1 Å². The summed E-state index contributed by atoms with van der Waals surface area (Å²) in [7, 11) is 0. The second-order valence-electron chi connectivity index (χ2n) is 6.43. The summed E-state index contributed by atoms with van der Waals surface area (Å²) in [5, 5.41) is 15.7. The van der Waals surface area contributed by atoms with Crippen LogP contribution in [0.2, 0.25) is 0 Å². The molecule has 148 valence electrons. The van der Waals surface area contributed by atoms with Crippen molar-refractivity contribution in [1.82, 2.24) is 25.2 Å². The van der Waals surface area contributed by atoms with Gasteiger partial charge in [-0.3, -0.25) is 0 Å². The Morgan fingerprint density at radius 3 is 2.76 bits per heavy atom. The fraction of sp³-hybridized carbons (Fsp3) is 0.200. The number of hydrogen-bond donors (Lipinski definition) is 0. The first kappa shape index (κ1) is 19.5. The number of nitrogens with zero attached hydrogens (tertiary/aromatic N) is 5. The van der Waals surface area contributed by atoms with Gasteiger partial charge in [-0.2, -0.15) is 4.68 Å². The number of hydrogen-bond acceptors (Lipinski definition) is 7. The first-order valence-corrected chi connectivity index (χ1v) is 10.8. The number of aromatic nitrogens is 5. The van der Waals surface area contributed by atoms with Crippen molar-refractivity contribution in [1.29, 1.82) is 0 Å². The molecule has 2 heterocycles. The summed E-state index contributed by atoms with van der Waals surface area (Å²) < 4.78 is 20.3. The van der Waals surface area contributed by atoms with Crippen molar-refractivity contribution in [3.8, 4) is 11.4 Å². The predicted molar refractivity (Wildman–Crippen MR) is 111 cm³/mol. The van der Waals surface area contributed by atoms with E-state index in [2.05, 4.69) is 33.5 Å².